The van der Waals surface area contributed by atoms with Gasteiger partial charge in [-0.15, -0.1) is 0 Å². The number of carboxylic acid groups (broad SMARTS) is 1. The van der Waals surface area contributed by atoms with Crippen LogP contribution in [-0.2, 0) is 9.53 Å². The fourth-order valence-electron chi connectivity index (χ4n) is 2.21. The number of aliphatic carboxylic acids is 1. The quantitative estimate of drug-likeness (QED) is 0.804. The molecular formula is C14H26N2O4. The van der Waals surface area contributed by atoms with Crippen molar-refractivity contribution in [3.63, 3.8) is 0 Å². The molecule has 20 heavy (non-hydrogen) atoms. The van der Waals surface area contributed by atoms with Crippen LogP contribution < -0.4 is 5.32 Å². The maximum atomic E-state index is 11.9. The molecule has 6 nitrogen and oxygen atoms in total. The molecule has 1 amide bonds. The lowest BCUT2D eigenvalue weighted by atomic mass is 10.1. The van der Waals surface area contributed by atoms with E-state index in [-0.39, 0.29) is 12.0 Å². The minimum Gasteiger partial charge on any atom is -0.480 e. The molecule has 116 valence electrons. The highest BCUT2D eigenvalue weighted by atomic mass is 16.6. The smallest absolute Gasteiger partial charge is 0.410 e. The number of amides is 1. The molecule has 0 spiro atoms. The number of hydrogen-bond donors (Lipinski definition) is 2. The normalized spacial score (nSPS) is 20.8. The van der Waals surface area contributed by atoms with E-state index < -0.39 is 17.6 Å². The summed E-state index contributed by atoms with van der Waals surface area (Å²) < 4.78 is 5.33. The van der Waals surface area contributed by atoms with Crippen molar-refractivity contribution in [2.75, 3.05) is 19.6 Å². The summed E-state index contributed by atoms with van der Waals surface area (Å²) in [4.78, 5) is 24.5. The number of nitrogens with one attached hydrogen (secondary N) is 1. The minimum atomic E-state index is -0.825. The molecule has 2 unspecified atom stereocenters. The van der Waals surface area contributed by atoms with E-state index in [0.29, 0.717) is 26.1 Å². The Hall–Kier alpha value is -1.30. The van der Waals surface area contributed by atoms with Crippen LogP contribution in [0.3, 0.4) is 0 Å². The van der Waals surface area contributed by atoms with E-state index in [1.54, 1.807) is 4.90 Å². The Kier molecular flexibility index (Phi) is 5.80. The van der Waals surface area contributed by atoms with Gasteiger partial charge in [-0.3, -0.25) is 4.79 Å². The number of hydrogen-bond acceptors (Lipinski definition) is 4. The monoisotopic (exact) mass is 286 g/mol. The third-order valence-corrected chi connectivity index (χ3v) is 3.30. The molecule has 2 N–H and O–H groups in total. The lowest BCUT2D eigenvalue weighted by molar-refractivity contribution is -0.139. The zero-order chi connectivity index (χ0) is 15.3. The van der Waals surface area contributed by atoms with Crippen LogP contribution in [-0.4, -0.2) is 53.3 Å². The fraction of sp³-hybridized carbons (Fsp3) is 0.857. The molecule has 1 fully saturated rings. The molecule has 1 aliphatic rings. The Morgan fingerprint density at radius 3 is 2.60 bits per heavy atom. The number of carbonyl (C=O) groups is 2. The van der Waals surface area contributed by atoms with Crippen LogP contribution in [0.25, 0.3) is 0 Å². The third-order valence-electron chi connectivity index (χ3n) is 3.30. The lowest BCUT2D eigenvalue weighted by Crippen LogP contribution is -2.40. The molecule has 1 aliphatic heterocycles. The summed E-state index contributed by atoms with van der Waals surface area (Å²) in [6, 6.07) is -0.509. The highest BCUT2D eigenvalue weighted by Gasteiger charge is 2.30. The molecule has 0 aliphatic carbocycles. The van der Waals surface area contributed by atoms with Gasteiger partial charge in [0.05, 0.1) is 0 Å². The van der Waals surface area contributed by atoms with Crippen LogP contribution in [0.2, 0.25) is 0 Å². The van der Waals surface area contributed by atoms with Crippen LogP contribution in [0.5, 0.6) is 0 Å². The largest absolute Gasteiger partial charge is 0.480 e. The van der Waals surface area contributed by atoms with Crippen molar-refractivity contribution in [2.45, 2.75) is 52.2 Å². The molecule has 2 atom stereocenters. The standard InChI is InChI=1S/C14H26N2O4/c1-5-11(12(17)18)15-8-10-6-7-16(9-10)13(19)20-14(2,3)4/h10-11,15H,5-9H2,1-4H3,(H,17,18). The first-order valence-electron chi connectivity index (χ1n) is 7.17. The molecule has 0 saturated carbocycles. The summed E-state index contributed by atoms with van der Waals surface area (Å²) in [5.74, 6) is -0.537. The Morgan fingerprint density at radius 2 is 2.10 bits per heavy atom. The number of nitrogens with zero attached hydrogens (tertiary/aromatic N) is 1. The highest BCUT2D eigenvalue weighted by molar-refractivity contribution is 5.73. The molecule has 0 aromatic rings. The van der Waals surface area contributed by atoms with Gasteiger partial charge in [0.2, 0.25) is 0 Å². The van der Waals surface area contributed by atoms with Crippen molar-refractivity contribution in [3.05, 3.63) is 0 Å². The fourth-order valence-corrected chi connectivity index (χ4v) is 2.21. The molecular weight excluding hydrogens is 260 g/mol. The zero-order valence-corrected chi connectivity index (χ0v) is 12.8. The van der Waals surface area contributed by atoms with Crippen LogP contribution in [0, 0.1) is 5.92 Å². The SMILES string of the molecule is CCC(NCC1CCN(C(=O)OC(C)(C)C)C1)C(=O)O. The van der Waals surface area contributed by atoms with Gasteiger partial charge in [0, 0.05) is 19.6 Å². The topological polar surface area (TPSA) is 78.9 Å². The van der Waals surface area contributed by atoms with E-state index >= 15 is 0 Å². The lowest BCUT2D eigenvalue weighted by Gasteiger charge is -2.24. The van der Waals surface area contributed by atoms with E-state index in [2.05, 4.69) is 5.32 Å². The first-order chi connectivity index (χ1) is 9.23. The predicted octanol–water partition coefficient (Wildman–Crippen LogP) is 1.70. The number of rotatable bonds is 5. The number of likely N-dealkylation sites (tertiary alicyclic amines) is 1. The van der Waals surface area contributed by atoms with Crippen molar-refractivity contribution in [1.82, 2.24) is 10.2 Å². The van der Waals surface area contributed by atoms with Crippen LogP contribution in [0.4, 0.5) is 4.79 Å². The average molecular weight is 286 g/mol. The summed E-state index contributed by atoms with van der Waals surface area (Å²) in [5.41, 5.74) is -0.482. The van der Waals surface area contributed by atoms with Gasteiger partial charge in [0.25, 0.3) is 0 Å². The van der Waals surface area contributed by atoms with E-state index in [1.807, 2.05) is 27.7 Å². The van der Waals surface area contributed by atoms with Gasteiger partial charge in [0.1, 0.15) is 11.6 Å². The molecule has 1 heterocycles. The predicted molar refractivity (Wildman–Crippen MR) is 75.6 cm³/mol. The number of ether oxygens (including phenoxy) is 1. The summed E-state index contributed by atoms with van der Waals surface area (Å²) in [6.45, 7) is 9.29. The van der Waals surface area contributed by atoms with Gasteiger partial charge in [-0.2, -0.15) is 0 Å². The molecule has 0 aromatic carbocycles. The second-order valence-electron chi connectivity index (χ2n) is 6.29. The average Bonchev–Trinajstić information content (AvgIpc) is 2.76. The first kappa shape index (κ1) is 16.8. The molecule has 1 rings (SSSR count). The van der Waals surface area contributed by atoms with Gasteiger partial charge in [-0.25, -0.2) is 4.79 Å². The van der Waals surface area contributed by atoms with Gasteiger partial charge >= 0.3 is 12.1 Å². The molecule has 6 heteroatoms. The van der Waals surface area contributed by atoms with Crippen LogP contribution in [0.15, 0.2) is 0 Å². The first-order valence-corrected chi connectivity index (χ1v) is 7.17. The maximum Gasteiger partial charge on any atom is 0.410 e. The highest BCUT2D eigenvalue weighted by Crippen LogP contribution is 2.19. The Bertz CT molecular complexity index is 352. The van der Waals surface area contributed by atoms with Gasteiger partial charge in [-0.1, -0.05) is 6.92 Å². The number of carboxylic acids is 1. The second-order valence-corrected chi connectivity index (χ2v) is 6.29. The minimum absolute atomic E-state index is 0.287. The van der Waals surface area contributed by atoms with Crippen molar-refractivity contribution in [3.8, 4) is 0 Å². The Labute approximate surface area is 120 Å². The van der Waals surface area contributed by atoms with Crippen molar-refractivity contribution >= 4 is 12.1 Å². The summed E-state index contributed by atoms with van der Waals surface area (Å²) in [7, 11) is 0. The maximum absolute atomic E-state index is 11.9. The van der Waals surface area contributed by atoms with Crippen molar-refractivity contribution in [1.29, 1.82) is 0 Å². The van der Waals surface area contributed by atoms with Crippen molar-refractivity contribution < 1.29 is 19.4 Å². The van der Waals surface area contributed by atoms with E-state index in [4.69, 9.17) is 9.84 Å². The van der Waals surface area contributed by atoms with Gasteiger partial charge in [0.15, 0.2) is 0 Å². The number of carbonyl (C=O) groups excluding carboxylic acids is 1. The molecule has 0 radical (unpaired) electrons. The Morgan fingerprint density at radius 1 is 1.45 bits per heavy atom. The second kappa shape index (κ2) is 6.92. The third kappa shape index (κ3) is 5.36. The van der Waals surface area contributed by atoms with E-state index in [9.17, 15) is 9.59 Å². The van der Waals surface area contributed by atoms with Gasteiger partial charge < -0.3 is 20.1 Å². The molecule has 0 bridgehead atoms. The van der Waals surface area contributed by atoms with Crippen LogP contribution in [0.1, 0.15) is 40.5 Å². The van der Waals surface area contributed by atoms with E-state index in [1.165, 1.54) is 0 Å². The summed E-state index contributed by atoms with van der Waals surface area (Å²) >= 11 is 0. The zero-order valence-electron chi connectivity index (χ0n) is 12.8. The van der Waals surface area contributed by atoms with E-state index in [0.717, 1.165) is 6.42 Å². The molecule has 1 saturated heterocycles. The molecule has 0 aromatic heterocycles. The van der Waals surface area contributed by atoms with Gasteiger partial charge in [-0.05, 0) is 39.5 Å². The van der Waals surface area contributed by atoms with Crippen molar-refractivity contribution in [2.24, 2.45) is 5.92 Å². The summed E-state index contributed by atoms with van der Waals surface area (Å²) in [6.07, 6.45) is 1.14. The Balaban J connectivity index is 2.36. The summed E-state index contributed by atoms with van der Waals surface area (Å²) in [5, 5.41) is 12.0. The van der Waals surface area contributed by atoms with Crippen LogP contribution >= 0.6 is 0 Å².